The van der Waals surface area contributed by atoms with Gasteiger partial charge in [0, 0.05) is 26.2 Å². The predicted molar refractivity (Wildman–Crippen MR) is 104 cm³/mol. The molecule has 1 saturated heterocycles. The molecule has 1 aliphatic rings. The molecule has 1 aliphatic heterocycles. The van der Waals surface area contributed by atoms with E-state index in [1.54, 1.807) is 24.8 Å². The zero-order valence-corrected chi connectivity index (χ0v) is 17.0. The van der Waals surface area contributed by atoms with Crippen LogP contribution in [0.1, 0.15) is 36.7 Å². The molecule has 1 amide bonds. The number of piperazine rings is 1. The van der Waals surface area contributed by atoms with Crippen molar-refractivity contribution in [1.82, 2.24) is 19.4 Å². The van der Waals surface area contributed by atoms with Gasteiger partial charge in [-0.25, -0.2) is 4.98 Å². The lowest BCUT2D eigenvalue weighted by Gasteiger charge is -2.35. The van der Waals surface area contributed by atoms with Crippen molar-refractivity contribution in [2.24, 2.45) is 0 Å². The van der Waals surface area contributed by atoms with Crippen molar-refractivity contribution in [3.05, 3.63) is 39.3 Å². The Bertz CT molecular complexity index is 992. The molecule has 0 bridgehead atoms. The molecule has 0 saturated carbocycles. The van der Waals surface area contributed by atoms with Crippen molar-refractivity contribution in [2.45, 2.75) is 39.9 Å². The SMILES string of the molecule is CCN1CCN(C(=O)[C@H](C)n2c(=O)c(C(F)(F)F)nc3cc(C)c(C)cc32)CC1. The number of hydrogen-bond acceptors (Lipinski definition) is 4. The first-order chi connectivity index (χ1) is 13.5. The summed E-state index contributed by atoms with van der Waals surface area (Å²) < 4.78 is 41.3. The third-order valence-corrected chi connectivity index (χ3v) is 5.65. The second-order valence-corrected chi connectivity index (χ2v) is 7.49. The van der Waals surface area contributed by atoms with E-state index in [1.165, 1.54) is 13.0 Å². The van der Waals surface area contributed by atoms with Crippen LogP contribution in [0, 0.1) is 13.8 Å². The molecule has 0 N–H and O–H groups in total. The number of aryl methyl sites for hydroxylation is 2. The monoisotopic (exact) mass is 410 g/mol. The Morgan fingerprint density at radius 1 is 1.14 bits per heavy atom. The van der Waals surface area contributed by atoms with Crippen molar-refractivity contribution in [3.8, 4) is 0 Å². The summed E-state index contributed by atoms with van der Waals surface area (Å²) in [6.07, 6.45) is -4.90. The van der Waals surface area contributed by atoms with Crippen molar-refractivity contribution >= 4 is 16.9 Å². The van der Waals surface area contributed by atoms with Crippen LogP contribution in [-0.4, -0.2) is 58.0 Å². The Labute approximate surface area is 166 Å². The fourth-order valence-electron chi connectivity index (χ4n) is 3.69. The molecular weight excluding hydrogens is 385 g/mol. The summed E-state index contributed by atoms with van der Waals surface area (Å²) in [5.41, 5.74) is -0.930. The zero-order valence-electron chi connectivity index (χ0n) is 17.0. The molecule has 2 aromatic rings. The third-order valence-electron chi connectivity index (χ3n) is 5.65. The van der Waals surface area contributed by atoms with Gasteiger partial charge in [0.1, 0.15) is 6.04 Å². The normalized spacial score (nSPS) is 17.0. The number of likely N-dealkylation sites (N-methyl/N-ethyl adjacent to an activating group) is 1. The smallest absolute Gasteiger partial charge is 0.338 e. The number of halogens is 3. The number of carbonyl (C=O) groups excluding carboxylic acids is 1. The Kier molecular flexibility index (Phi) is 5.71. The van der Waals surface area contributed by atoms with E-state index in [-0.39, 0.29) is 16.9 Å². The van der Waals surface area contributed by atoms with Crippen molar-refractivity contribution in [3.63, 3.8) is 0 Å². The number of nitrogens with zero attached hydrogens (tertiary/aromatic N) is 4. The van der Waals surface area contributed by atoms with Gasteiger partial charge in [-0.2, -0.15) is 13.2 Å². The second-order valence-electron chi connectivity index (χ2n) is 7.49. The average molecular weight is 410 g/mol. The Balaban J connectivity index is 2.11. The number of alkyl halides is 3. The molecule has 1 aromatic carbocycles. The Morgan fingerprint density at radius 3 is 2.28 bits per heavy atom. The summed E-state index contributed by atoms with van der Waals surface area (Å²) in [6, 6.07) is 2.08. The van der Waals surface area contributed by atoms with Crippen LogP contribution in [0.25, 0.3) is 11.0 Å². The molecule has 29 heavy (non-hydrogen) atoms. The molecule has 0 unspecified atom stereocenters. The van der Waals surface area contributed by atoms with Crippen LogP contribution in [0.15, 0.2) is 16.9 Å². The molecule has 2 heterocycles. The van der Waals surface area contributed by atoms with E-state index in [4.69, 9.17) is 0 Å². The zero-order chi connectivity index (χ0) is 21.5. The number of aromatic nitrogens is 2. The molecule has 1 atom stereocenters. The van der Waals surface area contributed by atoms with Gasteiger partial charge in [0.05, 0.1) is 11.0 Å². The van der Waals surface area contributed by atoms with Gasteiger partial charge in [0.2, 0.25) is 11.6 Å². The van der Waals surface area contributed by atoms with E-state index < -0.39 is 23.5 Å². The topological polar surface area (TPSA) is 58.4 Å². The fraction of sp³-hybridized carbons (Fsp3) is 0.550. The number of hydrogen-bond donors (Lipinski definition) is 0. The Morgan fingerprint density at radius 2 is 1.72 bits per heavy atom. The lowest BCUT2D eigenvalue weighted by atomic mass is 10.1. The van der Waals surface area contributed by atoms with Gasteiger partial charge in [-0.1, -0.05) is 6.92 Å². The molecule has 9 heteroatoms. The molecule has 3 rings (SSSR count). The summed E-state index contributed by atoms with van der Waals surface area (Å²) in [7, 11) is 0. The summed E-state index contributed by atoms with van der Waals surface area (Å²) in [4.78, 5) is 33.2. The van der Waals surface area contributed by atoms with Gasteiger partial charge in [-0.15, -0.1) is 0 Å². The van der Waals surface area contributed by atoms with E-state index >= 15 is 0 Å². The summed E-state index contributed by atoms with van der Waals surface area (Å²) in [6.45, 7) is 10.3. The maximum Gasteiger partial charge on any atom is 0.438 e. The molecule has 0 radical (unpaired) electrons. The highest BCUT2D eigenvalue weighted by Crippen LogP contribution is 2.28. The highest BCUT2D eigenvalue weighted by Gasteiger charge is 2.39. The van der Waals surface area contributed by atoms with Crippen molar-refractivity contribution in [2.75, 3.05) is 32.7 Å². The van der Waals surface area contributed by atoms with E-state index in [2.05, 4.69) is 9.88 Å². The predicted octanol–water partition coefficient (Wildman–Crippen LogP) is 2.76. The Hall–Kier alpha value is -2.42. The number of fused-ring (bicyclic) bond motifs is 1. The minimum Gasteiger partial charge on any atom is -0.338 e. The van der Waals surface area contributed by atoms with Gasteiger partial charge in [0.25, 0.3) is 5.56 Å². The lowest BCUT2D eigenvalue weighted by Crippen LogP contribution is -2.51. The van der Waals surface area contributed by atoms with E-state index in [0.29, 0.717) is 26.2 Å². The summed E-state index contributed by atoms with van der Waals surface area (Å²) in [5.74, 6) is -0.360. The largest absolute Gasteiger partial charge is 0.438 e. The number of rotatable bonds is 3. The van der Waals surface area contributed by atoms with Gasteiger partial charge < -0.3 is 9.80 Å². The molecular formula is C20H25F3N4O2. The first kappa shape index (κ1) is 21.3. The van der Waals surface area contributed by atoms with Gasteiger partial charge in [0.15, 0.2) is 0 Å². The van der Waals surface area contributed by atoms with E-state index in [0.717, 1.165) is 22.2 Å². The standard InChI is InChI=1S/C20H25F3N4O2/c1-5-25-6-8-26(9-7-25)18(28)14(4)27-16-11-13(3)12(2)10-15(16)24-17(19(27)29)20(21,22)23/h10-11,14H,5-9H2,1-4H3/t14-/m0/s1. The van der Waals surface area contributed by atoms with E-state index in [9.17, 15) is 22.8 Å². The summed E-state index contributed by atoms with van der Waals surface area (Å²) in [5, 5.41) is 0. The molecule has 1 fully saturated rings. The van der Waals surface area contributed by atoms with E-state index in [1.807, 2.05) is 6.92 Å². The average Bonchev–Trinajstić information content (AvgIpc) is 2.67. The molecule has 0 aliphatic carbocycles. The fourth-order valence-corrected chi connectivity index (χ4v) is 3.69. The summed E-state index contributed by atoms with van der Waals surface area (Å²) >= 11 is 0. The van der Waals surface area contributed by atoms with Crippen molar-refractivity contribution in [1.29, 1.82) is 0 Å². The quantitative estimate of drug-likeness (QED) is 0.781. The molecule has 1 aromatic heterocycles. The minimum atomic E-state index is -4.90. The molecule has 158 valence electrons. The van der Waals surface area contributed by atoms with Gasteiger partial charge >= 0.3 is 6.18 Å². The maximum atomic E-state index is 13.5. The lowest BCUT2D eigenvalue weighted by molar-refractivity contribution is -0.143. The second kappa shape index (κ2) is 7.78. The molecule has 0 spiro atoms. The van der Waals surface area contributed by atoms with Crippen LogP contribution in [0.5, 0.6) is 0 Å². The van der Waals surface area contributed by atoms with Crippen LogP contribution in [0.2, 0.25) is 0 Å². The number of amides is 1. The minimum absolute atomic E-state index is 0.0514. The van der Waals surface area contributed by atoms with Crippen LogP contribution in [0.4, 0.5) is 13.2 Å². The maximum absolute atomic E-state index is 13.5. The van der Waals surface area contributed by atoms with Gasteiger partial charge in [-0.3, -0.25) is 14.2 Å². The highest BCUT2D eigenvalue weighted by atomic mass is 19.4. The van der Waals surface area contributed by atoms with Crippen LogP contribution < -0.4 is 5.56 Å². The first-order valence-electron chi connectivity index (χ1n) is 9.66. The molecule has 6 nitrogen and oxygen atoms in total. The van der Waals surface area contributed by atoms with Crippen LogP contribution in [-0.2, 0) is 11.0 Å². The first-order valence-corrected chi connectivity index (χ1v) is 9.66. The number of benzene rings is 1. The highest BCUT2D eigenvalue weighted by molar-refractivity contribution is 5.84. The van der Waals surface area contributed by atoms with Crippen LogP contribution in [0.3, 0.4) is 0 Å². The van der Waals surface area contributed by atoms with Gasteiger partial charge in [-0.05, 0) is 50.6 Å². The number of carbonyl (C=O) groups is 1. The van der Waals surface area contributed by atoms with Crippen LogP contribution >= 0.6 is 0 Å². The van der Waals surface area contributed by atoms with Crippen molar-refractivity contribution < 1.29 is 18.0 Å². The third kappa shape index (κ3) is 4.01.